The molecule has 0 amide bonds. The minimum Gasteiger partial charge on any atom is -0.493 e. The van der Waals surface area contributed by atoms with Crippen molar-refractivity contribution in [2.75, 3.05) is 14.2 Å². The predicted molar refractivity (Wildman–Crippen MR) is 130 cm³/mol. The molecule has 180 valence electrons. The number of hydrogen-bond acceptors (Lipinski definition) is 7. The van der Waals surface area contributed by atoms with E-state index in [0.29, 0.717) is 42.0 Å². The average Bonchev–Trinajstić information content (AvgIpc) is 3.66. The number of carbonyl (C=O) groups excluding carboxylic acids is 1. The summed E-state index contributed by atoms with van der Waals surface area (Å²) >= 11 is 0. The highest BCUT2D eigenvalue weighted by molar-refractivity contribution is 5.85. The highest BCUT2D eigenvalue weighted by atomic mass is 16.5. The minimum atomic E-state index is -0.322. The van der Waals surface area contributed by atoms with Crippen LogP contribution < -0.4 is 14.8 Å². The Morgan fingerprint density at radius 2 is 1.97 bits per heavy atom. The van der Waals surface area contributed by atoms with Gasteiger partial charge in [-0.3, -0.25) is 4.79 Å². The van der Waals surface area contributed by atoms with E-state index in [9.17, 15) is 10.1 Å². The quantitative estimate of drug-likeness (QED) is 0.507. The molecule has 1 aliphatic heterocycles. The SMILES string of the molecule is COc1ccc(-c2cn(-c3ccc(C[C@@H](C#N)CC(=O)[C@H]4N[C@@H]5CC[C@H]4C5)cc3)nn2)cc1OC. The molecule has 0 radical (unpaired) electrons. The highest BCUT2D eigenvalue weighted by Gasteiger charge is 2.42. The van der Waals surface area contributed by atoms with Crippen LogP contribution in [0.2, 0.25) is 0 Å². The standard InChI is InChI=1S/C27H29N5O3/c1-34-25-10-6-19(14-26(25)35-2)23-16-32(31-30-23)22-8-3-17(4-9-22)11-18(15-28)12-24(33)27-20-5-7-21(13-20)29-27/h3-4,6,8-10,14,16,18,20-21,27,29H,5,7,11-13H2,1-2H3/t18-,20+,21-,27+/m1/s1. The summed E-state index contributed by atoms with van der Waals surface area (Å²) < 4.78 is 12.4. The minimum absolute atomic E-state index is 0.0563. The second kappa shape index (κ2) is 9.88. The van der Waals surface area contributed by atoms with Gasteiger partial charge in [0.05, 0.1) is 44.1 Å². The first-order valence-electron chi connectivity index (χ1n) is 12.0. The van der Waals surface area contributed by atoms with Crippen LogP contribution in [0, 0.1) is 23.2 Å². The van der Waals surface area contributed by atoms with Crippen LogP contribution in [0.4, 0.5) is 0 Å². The maximum absolute atomic E-state index is 12.8. The van der Waals surface area contributed by atoms with Gasteiger partial charge in [0.15, 0.2) is 17.3 Å². The summed E-state index contributed by atoms with van der Waals surface area (Å²) in [6, 6.07) is 16.3. The van der Waals surface area contributed by atoms with Gasteiger partial charge in [-0.05, 0) is 67.5 Å². The topological polar surface area (TPSA) is 102 Å². The first kappa shape index (κ1) is 23.1. The molecular formula is C27H29N5O3. The number of ether oxygens (including phenoxy) is 2. The van der Waals surface area contributed by atoms with Crippen LogP contribution in [0.15, 0.2) is 48.7 Å². The third-order valence-electron chi connectivity index (χ3n) is 7.19. The summed E-state index contributed by atoms with van der Waals surface area (Å²) in [5.74, 6) is 1.61. The molecule has 4 atom stereocenters. The lowest BCUT2D eigenvalue weighted by Gasteiger charge is -2.22. The molecule has 3 aromatic rings. The predicted octanol–water partition coefficient (Wildman–Crippen LogP) is 3.73. The van der Waals surface area contributed by atoms with Crippen LogP contribution in [0.1, 0.15) is 31.2 Å². The van der Waals surface area contributed by atoms with Crippen molar-refractivity contribution in [2.24, 2.45) is 11.8 Å². The normalized spacial score (nSPS) is 21.5. The van der Waals surface area contributed by atoms with Gasteiger partial charge < -0.3 is 14.8 Å². The van der Waals surface area contributed by atoms with E-state index >= 15 is 0 Å². The van der Waals surface area contributed by atoms with Crippen molar-refractivity contribution in [3.05, 3.63) is 54.2 Å². The molecule has 8 heteroatoms. The summed E-state index contributed by atoms with van der Waals surface area (Å²) in [6.45, 7) is 0. The summed E-state index contributed by atoms with van der Waals surface area (Å²) in [6.07, 6.45) is 6.11. The Bertz CT molecular complexity index is 1250. The van der Waals surface area contributed by atoms with Crippen LogP contribution in [-0.4, -0.2) is 47.1 Å². The van der Waals surface area contributed by atoms with E-state index in [1.54, 1.807) is 18.9 Å². The first-order valence-corrected chi connectivity index (χ1v) is 12.0. The fraction of sp³-hybridized carbons (Fsp3) is 0.407. The van der Waals surface area contributed by atoms with E-state index in [4.69, 9.17) is 9.47 Å². The van der Waals surface area contributed by atoms with E-state index < -0.39 is 0 Å². The smallest absolute Gasteiger partial charge is 0.161 e. The lowest BCUT2D eigenvalue weighted by Crippen LogP contribution is -2.42. The lowest BCUT2D eigenvalue weighted by molar-refractivity contribution is -0.122. The molecule has 1 saturated heterocycles. The maximum atomic E-state index is 12.8. The molecule has 2 aliphatic rings. The average molecular weight is 472 g/mol. The van der Waals surface area contributed by atoms with Crippen LogP contribution in [-0.2, 0) is 11.2 Å². The van der Waals surface area contributed by atoms with Gasteiger partial charge in [-0.15, -0.1) is 5.10 Å². The molecule has 0 unspecified atom stereocenters. The molecule has 0 spiro atoms. The largest absolute Gasteiger partial charge is 0.493 e. The van der Waals surface area contributed by atoms with Crippen molar-refractivity contribution in [1.29, 1.82) is 5.26 Å². The second-order valence-corrected chi connectivity index (χ2v) is 9.40. The van der Waals surface area contributed by atoms with Crippen LogP contribution in [0.5, 0.6) is 11.5 Å². The zero-order valence-electron chi connectivity index (χ0n) is 20.0. The molecule has 5 rings (SSSR count). The Labute approximate surface area is 204 Å². The van der Waals surface area contributed by atoms with Crippen molar-refractivity contribution >= 4 is 5.78 Å². The van der Waals surface area contributed by atoms with Gasteiger partial charge >= 0.3 is 0 Å². The van der Waals surface area contributed by atoms with Gasteiger partial charge in [0.1, 0.15) is 5.69 Å². The number of carbonyl (C=O) groups is 1. The number of piperidine rings is 1. The summed E-state index contributed by atoms with van der Waals surface area (Å²) in [5.41, 5.74) is 3.47. The number of nitrogens with zero attached hydrogens (tertiary/aromatic N) is 4. The molecule has 1 saturated carbocycles. The molecule has 2 aromatic carbocycles. The number of aromatic nitrogens is 3. The first-order chi connectivity index (χ1) is 17.1. The van der Waals surface area contributed by atoms with Gasteiger partial charge in [-0.25, -0.2) is 4.68 Å². The Morgan fingerprint density at radius 3 is 2.63 bits per heavy atom. The number of fused-ring (bicyclic) bond motifs is 2. The number of hydrogen-bond donors (Lipinski definition) is 1. The van der Waals surface area contributed by atoms with Crippen molar-refractivity contribution in [1.82, 2.24) is 20.3 Å². The molecule has 2 bridgehead atoms. The van der Waals surface area contributed by atoms with Crippen molar-refractivity contribution in [3.8, 4) is 34.5 Å². The third-order valence-corrected chi connectivity index (χ3v) is 7.19. The summed E-state index contributed by atoms with van der Waals surface area (Å²) in [4.78, 5) is 12.8. The van der Waals surface area contributed by atoms with E-state index in [2.05, 4.69) is 21.7 Å². The number of benzene rings is 2. The Kier molecular flexibility index (Phi) is 6.51. The van der Waals surface area contributed by atoms with Gasteiger partial charge in [0.25, 0.3) is 0 Å². The van der Waals surface area contributed by atoms with Crippen molar-refractivity contribution in [2.45, 2.75) is 44.2 Å². The Morgan fingerprint density at radius 1 is 1.17 bits per heavy atom. The third kappa shape index (κ3) is 4.77. The van der Waals surface area contributed by atoms with E-state index in [0.717, 1.165) is 29.7 Å². The highest BCUT2D eigenvalue weighted by Crippen LogP contribution is 2.36. The number of methoxy groups -OCH3 is 2. The van der Waals surface area contributed by atoms with E-state index in [1.807, 2.05) is 48.7 Å². The maximum Gasteiger partial charge on any atom is 0.161 e. The molecule has 2 heterocycles. The van der Waals surface area contributed by atoms with E-state index in [1.165, 1.54) is 6.42 Å². The fourth-order valence-corrected chi connectivity index (χ4v) is 5.34. The number of Topliss-reactive ketones (excluding diaryl/α,β-unsaturated/α-hetero) is 1. The van der Waals surface area contributed by atoms with Crippen LogP contribution >= 0.6 is 0 Å². The van der Waals surface area contributed by atoms with Gasteiger partial charge in [0.2, 0.25) is 0 Å². The van der Waals surface area contributed by atoms with Gasteiger partial charge in [0, 0.05) is 18.0 Å². The molecule has 35 heavy (non-hydrogen) atoms. The molecule has 1 N–H and O–H groups in total. The monoisotopic (exact) mass is 471 g/mol. The van der Waals surface area contributed by atoms with Crippen molar-refractivity contribution in [3.63, 3.8) is 0 Å². The molecule has 8 nitrogen and oxygen atoms in total. The Hall–Kier alpha value is -3.70. The fourth-order valence-electron chi connectivity index (χ4n) is 5.34. The van der Waals surface area contributed by atoms with Gasteiger partial charge in [-0.1, -0.05) is 17.3 Å². The number of ketones is 1. The number of nitriles is 1. The molecule has 1 aromatic heterocycles. The summed E-state index contributed by atoms with van der Waals surface area (Å²) in [7, 11) is 3.20. The number of nitrogens with one attached hydrogen (secondary N) is 1. The Balaban J connectivity index is 1.23. The van der Waals surface area contributed by atoms with Crippen LogP contribution in [0.3, 0.4) is 0 Å². The zero-order valence-corrected chi connectivity index (χ0v) is 20.0. The summed E-state index contributed by atoms with van der Waals surface area (Å²) in [5, 5.41) is 21.7. The molecule has 1 aliphatic carbocycles. The van der Waals surface area contributed by atoms with Crippen LogP contribution in [0.25, 0.3) is 16.9 Å². The molecular weight excluding hydrogens is 442 g/mol. The number of rotatable bonds is 9. The lowest BCUT2D eigenvalue weighted by atomic mass is 9.88. The van der Waals surface area contributed by atoms with Gasteiger partial charge in [-0.2, -0.15) is 5.26 Å². The molecule has 2 fully saturated rings. The second-order valence-electron chi connectivity index (χ2n) is 9.40. The van der Waals surface area contributed by atoms with E-state index in [-0.39, 0.29) is 17.7 Å². The zero-order chi connectivity index (χ0) is 24.4. The van der Waals surface area contributed by atoms with Crippen molar-refractivity contribution < 1.29 is 14.3 Å².